The van der Waals surface area contributed by atoms with Crippen molar-refractivity contribution in [1.29, 1.82) is 0 Å². The summed E-state index contributed by atoms with van der Waals surface area (Å²) in [7, 11) is 0. The molecule has 0 aliphatic rings. The third-order valence-corrected chi connectivity index (χ3v) is 2.04. The van der Waals surface area contributed by atoms with Crippen molar-refractivity contribution in [2.75, 3.05) is 0 Å². The Morgan fingerprint density at radius 1 is 1.59 bits per heavy atom. The second-order valence-corrected chi connectivity index (χ2v) is 3.22. The topological polar surface area (TPSA) is 105 Å². The molecule has 17 heavy (non-hydrogen) atoms. The lowest BCUT2D eigenvalue weighted by atomic mass is 10.5. The molecule has 0 bridgehead atoms. The molecular weight excluding hydrogens is 226 g/mol. The maximum atomic E-state index is 10.5. The standard InChI is InChI=1S/C8H9N7O2/c1-2-3-14-8(10-11-12-14)6-13-5-7(4-9-13)15(16)17/h2,4-5H,1,3,6H2. The summed E-state index contributed by atoms with van der Waals surface area (Å²) < 4.78 is 2.95. The molecule has 0 amide bonds. The van der Waals surface area contributed by atoms with Crippen molar-refractivity contribution in [1.82, 2.24) is 30.0 Å². The highest BCUT2D eigenvalue weighted by atomic mass is 16.6. The molecule has 0 atom stereocenters. The Kier molecular flexibility index (Phi) is 2.90. The zero-order chi connectivity index (χ0) is 12.3. The van der Waals surface area contributed by atoms with Crippen LogP contribution >= 0.6 is 0 Å². The Hall–Kier alpha value is -2.58. The van der Waals surface area contributed by atoms with Gasteiger partial charge >= 0.3 is 5.69 Å². The monoisotopic (exact) mass is 235 g/mol. The minimum atomic E-state index is -0.504. The lowest BCUT2D eigenvalue weighted by Crippen LogP contribution is -2.09. The van der Waals surface area contributed by atoms with Crippen LogP contribution in [0.2, 0.25) is 0 Å². The summed E-state index contributed by atoms with van der Waals surface area (Å²) >= 11 is 0. The number of hydrogen-bond acceptors (Lipinski definition) is 6. The summed E-state index contributed by atoms with van der Waals surface area (Å²) in [5.41, 5.74) is -0.0623. The highest BCUT2D eigenvalue weighted by Crippen LogP contribution is 2.08. The van der Waals surface area contributed by atoms with E-state index in [0.717, 1.165) is 0 Å². The van der Waals surface area contributed by atoms with Crippen molar-refractivity contribution in [3.63, 3.8) is 0 Å². The van der Waals surface area contributed by atoms with Crippen LogP contribution in [0.25, 0.3) is 0 Å². The van der Waals surface area contributed by atoms with Crippen LogP contribution in [0.15, 0.2) is 25.0 Å². The first kappa shape index (κ1) is 10.9. The second kappa shape index (κ2) is 4.51. The maximum absolute atomic E-state index is 10.5. The summed E-state index contributed by atoms with van der Waals surface area (Å²) in [6, 6.07) is 0. The zero-order valence-corrected chi connectivity index (χ0v) is 8.80. The van der Waals surface area contributed by atoms with Gasteiger partial charge in [0.2, 0.25) is 0 Å². The Balaban J connectivity index is 2.16. The first-order valence-corrected chi connectivity index (χ1v) is 4.73. The molecule has 9 heteroatoms. The third-order valence-electron chi connectivity index (χ3n) is 2.04. The Morgan fingerprint density at radius 2 is 2.41 bits per heavy atom. The summed E-state index contributed by atoms with van der Waals surface area (Å²) in [5.74, 6) is 0.558. The predicted octanol–water partition coefficient (Wildman–Crippen LogP) is 0.0121. The number of allylic oxidation sites excluding steroid dienone is 1. The van der Waals surface area contributed by atoms with E-state index in [1.807, 2.05) is 0 Å². The first-order chi connectivity index (χ1) is 8.20. The lowest BCUT2D eigenvalue weighted by molar-refractivity contribution is -0.385. The average Bonchev–Trinajstić information content (AvgIpc) is 2.90. The minimum Gasteiger partial charge on any atom is -0.258 e. The Labute approximate surface area is 95.5 Å². The summed E-state index contributed by atoms with van der Waals surface area (Å²) in [6.45, 7) is 4.33. The van der Waals surface area contributed by atoms with E-state index in [4.69, 9.17) is 0 Å². The van der Waals surface area contributed by atoms with E-state index < -0.39 is 4.92 Å². The molecule has 9 nitrogen and oxygen atoms in total. The Bertz CT molecular complexity index is 544. The van der Waals surface area contributed by atoms with Crippen molar-refractivity contribution < 1.29 is 4.92 Å². The van der Waals surface area contributed by atoms with Gasteiger partial charge < -0.3 is 0 Å². The fourth-order valence-corrected chi connectivity index (χ4v) is 1.28. The van der Waals surface area contributed by atoms with Crippen LogP contribution in [0.5, 0.6) is 0 Å². The molecule has 2 heterocycles. The van der Waals surface area contributed by atoms with E-state index in [1.165, 1.54) is 17.1 Å². The van der Waals surface area contributed by atoms with Crippen LogP contribution in [0.3, 0.4) is 0 Å². The van der Waals surface area contributed by atoms with Crippen LogP contribution in [0.4, 0.5) is 5.69 Å². The van der Waals surface area contributed by atoms with Gasteiger partial charge in [-0.2, -0.15) is 5.10 Å². The molecule has 0 saturated carbocycles. The molecule has 0 aromatic carbocycles. The van der Waals surface area contributed by atoms with Crippen molar-refractivity contribution in [2.45, 2.75) is 13.1 Å². The number of nitro groups is 1. The van der Waals surface area contributed by atoms with E-state index in [2.05, 4.69) is 27.2 Å². The second-order valence-electron chi connectivity index (χ2n) is 3.22. The molecule has 0 aliphatic carbocycles. The summed E-state index contributed by atoms with van der Waals surface area (Å²) in [6.07, 6.45) is 4.17. The molecule has 88 valence electrons. The highest BCUT2D eigenvalue weighted by molar-refractivity contribution is 5.20. The quantitative estimate of drug-likeness (QED) is 0.410. The van der Waals surface area contributed by atoms with Crippen LogP contribution in [-0.2, 0) is 13.1 Å². The van der Waals surface area contributed by atoms with E-state index in [0.29, 0.717) is 12.4 Å². The average molecular weight is 235 g/mol. The molecule has 0 saturated heterocycles. The van der Waals surface area contributed by atoms with E-state index in [-0.39, 0.29) is 12.2 Å². The highest BCUT2D eigenvalue weighted by Gasteiger charge is 2.11. The van der Waals surface area contributed by atoms with Gasteiger partial charge in [-0.15, -0.1) is 11.7 Å². The van der Waals surface area contributed by atoms with Gasteiger partial charge in [0.25, 0.3) is 0 Å². The van der Waals surface area contributed by atoms with Crippen molar-refractivity contribution >= 4 is 5.69 Å². The van der Waals surface area contributed by atoms with Gasteiger partial charge in [0.05, 0.1) is 11.5 Å². The molecule has 0 N–H and O–H groups in total. The van der Waals surface area contributed by atoms with Crippen LogP contribution < -0.4 is 0 Å². The van der Waals surface area contributed by atoms with Gasteiger partial charge in [-0.25, -0.2) is 4.68 Å². The fraction of sp³-hybridized carbons (Fsp3) is 0.250. The Morgan fingerprint density at radius 3 is 3.06 bits per heavy atom. The van der Waals surface area contributed by atoms with Crippen LogP contribution in [0, 0.1) is 10.1 Å². The number of aromatic nitrogens is 6. The fourth-order valence-electron chi connectivity index (χ4n) is 1.28. The molecule has 0 fully saturated rings. The van der Waals surface area contributed by atoms with Gasteiger partial charge in [0, 0.05) is 0 Å². The normalized spacial score (nSPS) is 10.4. The molecule has 2 rings (SSSR count). The van der Waals surface area contributed by atoms with Crippen molar-refractivity contribution in [3.8, 4) is 0 Å². The molecule has 2 aromatic rings. The predicted molar refractivity (Wildman–Crippen MR) is 56.0 cm³/mol. The molecule has 0 unspecified atom stereocenters. The minimum absolute atomic E-state index is 0.0623. The van der Waals surface area contributed by atoms with Gasteiger partial charge in [-0.05, 0) is 10.4 Å². The third kappa shape index (κ3) is 2.33. The molecule has 2 aromatic heterocycles. The van der Waals surface area contributed by atoms with Crippen LogP contribution in [0.1, 0.15) is 5.82 Å². The largest absolute Gasteiger partial charge is 0.307 e. The van der Waals surface area contributed by atoms with Crippen LogP contribution in [-0.4, -0.2) is 34.9 Å². The van der Waals surface area contributed by atoms with Gasteiger partial charge in [0.1, 0.15) is 18.9 Å². The van der Waals surface area contributed by atoms with E-state index in [9.17, 15) is 10.1 Å². The number of rotatable bonds is 5. The molecule has 0 radical (unpaired) electrons. The first-order valence-electron chi connectivity index (χ1n) is 4.73. The maximum Gasteiger partial charge on any atom is 0.307 e. The van der Waals surface area contributed by atoms with E-state index in [1.54, 1.807) is 10.8 Å². The van der Waals surface area contributed by atoms with Gasteiger partial charge in [-0.1, -0.05) is 6.08 Å². The van der Waals surface area contributed by atoms with Crippen molar-refractivity contribution in [2.24, 2.45) is 0 Å². The van der Waals surface area contributed by atoms with Gasteiger partial charge in [0.15, 0.2) is 5.82 Å². The van der Waals surface area contributed by atoms with Gasteiger partial charge in [-0.3, -0.25) is 14.8 Å². The number of nitrogens with zero attached hydrogens (tertiary/aromatic N) is 7. The molecule has 0 aliphatic heterocycles. The summed E-state index contributed by atoms with van der Waals surface area (Å²) in [5, 5.41) is 25.4. The SMILES string of the molecule is C=CCn1nnnc1Cn1cc([N+](=O)[O-])cn1. The molecule has 0 spiro atoms. The number of hydrogen-bond donors (Lipinski definition) is 0. The lowest BCUT2D eigenvalue weighted by Gasteiger charge is -2.00. The molecular formula is C8H9N7O2. The smallest absolute Gasteiger partial charge is 0.258 e. The van der Waals surface area contributed by atoms with E-state index >= 15 is 0 Å². The zero-order valence-electron chi connectivity index (χ0n) is 8.80. The van der Waals surface area contributed by atoms with Crippen molar-refractivity contribution in [3.05, 3.63) is 41.0 Å². The summed E-state index contributed by atoms with van der Waals surface area (Å²) in [4.78, 5) is 9.98. The number of tetrazole rings is 1.